The molecule has 102 valence electrons. The maximum atomic E-state index is 12.9. The first-order valence-corrected chi connectivity index (χ1v) is 7.65. The van der Waals surface area contributed by atoms with Gasteiger partial charge in [0.2, 0.25) is 0 Å². The molecule has 1 heterocycles. The highest BCUT2D eigenvalue weighted by Gasteiger charge is 2.11. The average molecular weight is 325 g/mol. The Labute approximate surface area is 121 Å². The highest BCUT2D eigenvalue weighted by atomic mass is 79.9. The summed E-state index contributed by atoms with van der Waals surface area (Å²) in [5.41, 5.74) is 2.43. The molecule has 1 unspecified atom stereocenters. The summed E-state index contributed by atoms with van der Waals surface area (Å²) in [4.78, 5) is 0. The summed E-state index contributed by atoms with van der Waals surface area (Å²) >= 11 is 3.57. The molecule has 1 atom stereocenters. The monoisotopic (exact) mass is 324 g/mol. The van der Waals surface area contributed by atoms with Crippen molar-refractivity contribution in [3.63, 3.8) is 0 Å². The Kier molecular flexibility index (Phi) is 5.14. The molecule has 2 rings (SSSR count). The van der Waals surface area contributed by atoms with E-state index in [9.17, 15) is 4.39 Å². The third kappa shape index (κ3) is 4.16. The Morgan fingerprint density at radius 1 is 1.21 bits per heavy atom. The third-order valence-electron chi connectivity index (χ3n) is 3.19. The van der Waals surface area contributed by atoms with Crippen LogP contribution in [0.1, 0.15) is 18.1 Å². The molecule has 0 radical (unpaired) electrons. The minimum atomic E-state index is -0.177. The van der Waals surface area contributed by atoms with Crippen LogP contribution in [-0.2, 0) is 19.4 Å². The molecule has 0 bridgehead atoms. The molecule has 0 amide bonds. The Morgan fingerprint density at radius 3 is 2.47 bits per heavy atom. The zero-order chi connectivity index (χ0) is 13.7. The van der Waals surface area contributed by atoms with Gasteiger partial charge in [0.1, 0.15) is 5.82 Å². The number of nitrogens with zero attached hydrogens (tertiary/aromatic N) is 2. The number of aryl methyl sites for hydroxylation is 1. The lowest BCUT2D eigenvalue weighted by Crippen LogP contribution is -2.09. The fourth-order valence-corrected chi connectivity index (χ4v) is 2.61. The van der Waals surface area contributed by atoms with Crippen LogP contribution in [0, 0.1) is 11.7 Å². The van der Waals surface area contributed by atoms with Gasteiger partial charge in [-0.25, -0.2) is 4.39 Å². The zero-order valence-electron chi connectivity index (χ0n) is 11.0. The van der Waals surface area contributed by atoms with Gasteiger partial charge in [0, 0.05) is 18.1 Å². The van der Waals surface area contributed by atoms with Crippen LogP contribution in [0.25, 0.3) is 0 Å². The van der Waals surface area contributed by atoms with Crippen molar-refractivity contribution in [3.05, 3.63) is 53.6 Å². The predicted octanol–water partition coefficient (Wildman–Crippen LogP) is 3.84. The zero-order valence-corrected chi connectivity index (χ0v) is 12.6. The van der Waals surface area contributed by atoms with Crippen LogP contribution in [0.2, 0.25) is 0 Å². The summed E-state index contributed by atoms with van der Waals surface area (Å²) in [5.74, 6) is 0.323. The molecule has 2 aromatic rings. The molecule has 2 nitrogen and oxygen atoms in total. The first kappa shape index (κ1) is 14.3. The Balaban J connectivity index is 1.98. The average Bonchev–Trinajstić information content (AvgIpc) is 2.88. The van der Waals surface area contributed by atoms with Gasteiger partial charge < -0.3 is 0 Å². The van der Waals surface area contributed by atoms with Gasteiger partial charge in [-0.3, -0.25) is 4.68 Å². The van der Waals surface area contributed by atoms with Gasteiger partial charge in [-0.2, -0.15) is 5.10 Å². The molecule has 0 saturated heterocycles. The largest absolute Gasteiger partial charge is 0.273 e. The number of halogens is 2. The molecule has 0 aliphatic heterocycles. The van der Waals surface area contributed by atoms with Crippen LogP contribution in [0.5, 0.6) is 0 Å². The lowest BCUT2D eigenvalue weighted by molar-refractivity contribution is 0.586. The van der Waals surface area contributed by atoms with Crippen LogP contribution in [-0.4, -0.2) is 15.1 Å². The smallest absolute Gasteiger partial charge is 0.123 e. The highest BCUT2D eigenvalue weighted by molar-refractivity contribution is 9.09. The number of alkyl halides is 1. The molecule has 4 heteroatoms. The molecule has 1 aromatic heterocycles. The molecule has 0 N–H and O–H groups in total. The van der Waals surface area contributed by atoms with Crippen molar-refractivity contribution in [1.29, 1.82) is 0 Å². The molecule has 1 aromatic carbocycles. The van der Waals surface area contributed by atoms with Crippen molar-refractivity contribution in [2.45, 2.75) is 26.3 Å². The SMILES string of the molecule is CCn1cc(CC(CBr)Cc2ccc(F)cc2)cn1. The number of hydrogen-bond acceptors (Lipinski definition) is 1. The van der Waals surface area contributed by atoms with Crippen LogP contribution in [0.15, 0.2) is 36.7 Å². The van der Waals surface area contributed by atoms with E-state index in [0.29, 0.717) is 5.92 Å². The first-order chi connectivity index (χ1) is 9.21. The van der Waals surface area contributed by atoms with Crippen LogP contribution in [0.4, 0.5) is 4.39 Å². The molecule has 0 fully saturated rings. The third-order valence-corrected chi connectivity index (χ3v) is 4.11. The number of aromatic nitrogens is 2. The van der Waals surface area contributed by atoms with E-state index in [1.54, 1.807) is 0 Å². The highest BCUT2D eigenvalue weighted by Crippen LogP contribution is 2.17. The molecule has 0 saturated carbocycles. The minimum absolute atomic E-state index is 0.177. The van der Waals surface area contributed by atoms with Gasteiger partial charge >= 0.3 is 0 Å². The topological polar surface area (TPSA) is 17.8 Å². The molecular formula is C15H18BrFN2. The lowest BCUT2D eigenvalue weighted by Gasteiger charge is -2.13. The van der Waals surface area contributed by atoms with Gasteiger partial charge in [0.15, 0.2) is 0 Å². The van der Waals surface area contributed by atoms with Crippen molar-refractivity contribution in [2.24, 2.45) is 5.92 Å². The fraction of sp³-hybridized carbons (Fsp3) is 0.400. The Morgan fingerprint density at radius 2 is 1.89 bits per heavy atom. The second-order valence-corrected chi connectivity index (χ2v) is 5.41. The van der Waals surface area contributed by atoms with Crippen molar-refractivity contribution in [3.8, 4) is 0 Å². The first-order valence-electron chi connectivity index (χ1n) is 6.53. The predicted molar refractivity (Wildman–Crippen MR) is 79.0 cm³/mol. The van der Waals surface area contributed by atoms with Gasteiger partial charge in [0.25, 0.3) is 0 Å². The number of rotatable bonds is 6. The standard InChI is InChI=1S/C15H18BrFN2/c1-2-19-11-14(10-18-19)8-13(9-16)7-12-3-5-15(17)6-4-12/h3-6,10-11,13H,2,7-9H2,1H3. The Bertz CT molecular complexity index is 507. The minimum Gasteiger partial charge on any atom is -0.273 e. The summed E-state index contributed by atoms with van der Waals surface area (Å²) < 4.78 is 14.8. The summed E-state index contributed by atoms with van der Waals surface area (Å²) in [7, 11) is 0. The van der Waals surface area contributed by atoms with E-state index < -0.39 is 0 Å². The van der Waals surface area contributed by atoms with Crippen LogP contribution >= 0.6 is 15.9 Å². The van der Waals surface area contributed by atoms with Crippen molar-refractivity contribution in [1.82, 2.24) is 9.78 Å². The summed E-state index contributed by atoms with van der Waals surface area (Å²) in [6.07, 6.45) is 5.97. The van der Waals surface area contributed by atoms with E-state index in [1.807, 2.05) is 23.0 Å². The maximum absolute atomic E-state index is 12.9. The second-order valence-electron chi connectivity index (χ2n) is 4.76. The quantitative estimate of drug-likeness (QED) is 0.738. The van der Waals surface area contributed by atoms with Gasteiger partial charge in [-0.1, -0.05) is 28.1 Å². The van der Waals surface area contributed by atoms with E-state index in [1.165, 1.54) is 23.3 Å². The fourth-order valence-electron chi connectivity index (χ4n) is 2.15. The molecular weight excluding hydrogens is 307 g/mol. The van der Waals surface area contributed by atoms with E-state index >= 15 is 0 Å². The van der Waals surface area contributed by atoms with Crippen molar-refractivity contribution < 1.29 is 4.39 Å². The van der Waals surface area contributed by atoms with Gasteiger partial charge in [-0.15, -0.1) is 0 Å². The van der Waals surface area contributed by atoms with E-state index in [2.05, 4.69) is 34.1 Å². The molecule has 0 spiro atoms. The van der Waals surface area contributed by atoms with Crippen LogP contribution < -0.4 is 0 Å². The van der Waals surface area contributed by atoms with E-state index in [-0.39, 0.29) is 5.82 Å². The number of benzene rings is 1. The lowest BCUT2D eigenvalue weighted by atomic mass is 9.95. The van der Waals surface area contributed by atoms with Gasteiger partial charge in [0.05, 0.1) is 6.20 Å². The molecule has 19 heavy (non-hydrogen) atoms. The van der Waals surface area contributed by atoms with Gasteiger partial charge in [-0.05, 0) is 48.9 Å². The van der Waals surface area contributed by atoms with Crippen molar-refractivity contribution >= 4 is 15.9 Å². The van der Waals surface area contributed by atoms with Crippen molar-refractivity contribution in [2.75, 3.05) is 5.33 Å². The molecule has 0 aliphatic rings. The van der Waals surface area contributed by atoms with E-state index in [0.717, 1.165) is 24.7 Å². The number of hydrogen-bond donors (Lipinski definition) is 0. The maximum Gasteiger partial charge on any atom is 0.123 e. The van der Waals surface area contributed by atoms with E-state index in [4.69, 9.17) is 0 Å². The summed E-state index contributed by atoms with van der Waals surface area (Å²) in [6, 6.07) is 6.77. The molecule has 0 aliphatic carbocycles. The summed E-state index contributed by atoms with van der Waals surface area (Å²) in [6.45, 7) is 2.98. The normalized spacial score (nSPS) is 12.6. The summed E-state index contributed by atoms with van der Waals surface area (Å²) in [5, 5.41) is 5.22. The Hall–Kier alpha value is -1.16. The van der Waals surface area contributed by atoms with Crippen LogP contribution in [0.3, 0.4) is 0 Å². The second kappa shape index (κ2) is 6.85.